The molecule has 1 nitrogen and oxygen atoms in total. The van der Waals surface area contributed by atoms with Gasteiger partial charge in [-0.1, -0.05) is 47.5 Å². The quantitative estimate of drug-likeness (QED) is 0.673. The Bertz CT molecular complexity index is 562. The van der Waals surface area contributed by atoms with E-state index in [1.807, 2.05) is 49.4 Å². The number of nitrogens with zero attached hydrogens (tertiary/aromatic N) is 1. The van der Waals surface area contributed by atoms with Crippen LogP contribution in [0.5, 0.6) is 0 Å². The number of hydrogen-bond acceptors (Lipinski definition) is 1. The van der Waals surface area contributed by atoms with Crippen molar-refractivity contribution in [3.05, 3.63) is 63.6 Å². The highest BCUT2D eigenvalue weighted by Crippen LogP contribution is 2.25. The van der Waals surface area contributed by atoms with Crippen molar-refractivity contribution in [2.45, 2.75) is 6.92 Å². The molecule has 0 bridgehead atoms. The first-order valence-electron chi connectivity index (χ1n) is 5.22. The van der Waals surface area contributed by atoms with Gasteiger partial charge in [-0.15, -0.1) is 0 Å². The van der Waals surface area contributed by atoms with E-state index in [0.29, 0.717) is 5.02 Å². The molecule has 2 aromatic rings. The molecule has 0 unspecified atom stereocenters. The highest BCUT2D eigenvalue weighted by atomic mass is 35.5. The maximum absolute atomic E-state index is 6.04. The first-order valence-corrected chi connectivity index (χ1v) is 5.98. The molecule has 17 heavy (non-hydrogen) atoms. The van der Waals surface area contributed by atoms with E-state index in [1.54, 1.807) is 6.21 Å². The SMILES string of the molecule is Cc1c(Cl)cccc1/N=C/c1ccccc1Cl. The van der Waals surface area contributed by atoms with Crippen molar-refractivity contribution in [1.29, 1.82) is 0 Å². The summed E-state index contributed by atoms with van der Waals surface area (Å²) in [5.41, 5.74) is 2.73. The van der Waals surface area contributed by atoms with Crippen LogP contribution in [0.25, 0.3) is 0 Å². The molecule has 0 amide bonds. The molecular formula is C14H11Cl2N. The minimum Gasteiger partial charge on any atom is -0.256 e. The lowest BCUT2D eigenvalue weighted by Gasteiger charge is -2.02. The van der Waals surface area contributed by atoms with Crippen molar-refractivity contribution < 1.29 is 0 Å². The lowest BCUT2D eigenvalue weighted by atomic mass is 10.2. The van der Waals surface area contributed by atoms with E-state index in [9.17, 15) is 0 Å². The normalized spacial score (nSPS) is 11.0. The van der Waals surface area contributed by atoms with Crippen molar-refractivity contribution in [2.24, 2.45) is 4.99 Å². The minimum atomic E-state index is 0.691. The van der Waals surface area contributed by atoms with Gasteiger partial charge in [-0.25, -0.2) is 0 Å². The van der Waals surface area contributed by atoms with Crippen LogP contribution >= 0.6 is 23.2 Å². The highest BCUT2D eigenvalue weighted by molar-refractivity contribution is 6.33. The van der Waals surface area contributed by atoms with Gasteiger partial charge in [-0.05, 0) is 30.7 Å². The summed E-state index contributed by atoms with van der Waals surface area (Å²) in [6, 6.07) is 13.2. The number of aliphatic imine (C=N–C) groups is 1. The second-order valence-electron chi connectivity index (χ2n) is 3.66. The van der Waals surface area contributed by atoms with Crippen LogP contribution in [-0.4, -0.2) is 6.21 Å². The Kier molecular flexibility index (Phi) is 3.82. The molecule has 0 N–H and O–H groups in total. The monoisotopic (exact) mass is 263 g/mol. The van der Waals surface area contributed by atoms with Gasteiger partial charge < -0.3 is 0 Å². The number of hydrogen-bond donors (Lipinski definition) is 0. The Morgan fingerprint density at radius 1 is 0.941 bits per heavy atom. The average Bonchev–Trinajstić information content (AvgIpc) is 2.33. The second kappa shape index (κ2) is 5.35. The van der Waals surface area contributed by atoms with Gasteiger partial charge in [0.15, 0.2) is 0 Å². The van der Waals surface area contributed by atoms with Crippen molar-refractivity contribution in [3.8, 4) is 0 Å². The largest absolute Gasteiger partial charge is 0.256 e. The van der Waals surface area contributed by atoms with Crippen molar-refractivity contribution in [3.63, 3.8) is 0 Å². The molecule has 0 aliphatic rings. The van der Waals surface area contributed by atoms with E-state index in [0.717, 1.165) is 21.8 Å². The fourth-order valence-electron chi connectivity index (χ4n) is 1.45. The summed E-state index contributed by atoms with van der Waals surface area (Å²) < 4.78 is 0. The second-order valence-corrected chi connectivity index (χ2v) is 4.48. The fourth-order valence-corrected chi connectivity index (χ4v) is 1.81. The van der Waals surface area contributed by atoms with Gasteiger partial charge in [0.25, 0.3) is 0 Å². The first-order chi connectivity index (χ1) is 8.18. The molecule has 86 valence electrons. The summed E-state index contributed by atoms with van der Waals surface area (Å²) in [7, 11) is 0. The van der Waals surface area contributed by atoms with Crippen LogP contribution in [-0.2, 0) is 0 Å². The summed E-state index contributed by atoms with van der Waals surface area (Å²) in [6.45, 7) is 1.95. The predicted octanol–water partition coefficient (Wildman–Crippen LogP) is 5.05. The van der Waals surface area contributed by atoms with Gasteiger partial charge in [-0.2, -0.15) is 0 Å². The van der Waals surface area contributed by atoms with Crippen LogP contribution in [0.1, 0.15) is 11.1 Å². The molecule has 2 rings (SSSR count). The fraction of sp³-hybridized carbons (Fsp3) is 0.0714. The van der Waals surface area contributed by atoms with E-state index < -0.39 is 0 Å². The number of benzene rings is 2. The summed E-state index contributed by atoms with van der Waals surface area (Å²) in [6.07, 6.45) is 1.75. The van der Waals surface area contributed by atoms with Gasteiger partial charge in [0, 0.05) is 21.8 Å². The zero-order valence-corrected chi connectivity index (χ0v) is 10.8. The lowest BCUT2D eigenvalue weighted by molar-refractivity contribution is 1.40. The number of rotatable bonds is 2. The average molecular weight is 264 g/mol. The zero-order chi connectivity index (χ0) is 12.3. The number of halogens is 2. The Morgan fingerprint density at radius 2 is 1.65 bits per heavy atom. The molecule has 3 heteroatoms. The molecule has 0 saturated carbocycles. The van der Waals surface area contributed by atoms with Crippen LogP contribution in [0.3, 0.4) is 0 Å². The van der Waals surface area contributed by atoms with Crippen LogP contribution in [0.15, 0.2) is 47.5 Å². The molecule has 0 aliphatic heterocycles. The first kappa shape index (κ1) is 12.2. The van der Waals surface area contributed by atoms with Gasteiger partial charge in [0.2, 0.25) is 0 Å². The van der Waals surface area contributed by atoms with Crippen molar-refractivity contribution >= 4 is 35.1 Å². The molecule has 0 atom stereocenters. The van der Waals surface area contributed by atoms with E-state index >= 15 is 0 Å². The lowest BCUT2D eigenvalue weighted by Crippen LogP contribution is -1.83. The Hall–Kier alpha value is -1.31. The zero-order valence-electron chi connectivity index (χ0n) is 9.32. The van der Waals surface area contributed by atoms with Gasteiger partial charge in [0.05, 0.1) is 5.69 Å². The predicted molar refractivity (Wildman–Crippen MR) is 74.9 cm³/mol. The molecule has 0 radical (unpaired) electrons. The molecule has 0 spiro atoms. The van der Waals surface area contributed by atoms with E-state index in [4.69, 9.17) is 23.2 Å². The molecular weight excluding hydrogens is 253 g/mol. The summed E-state index contributed by atoms with van der Waals surface area (Å²) in [5.74, 6) is 0. The van der Waals surface area contributed by atoms with Crippen molar-refractivity contribution in [2.75, 3.05) is 0 Å². The third kappa shape index (κ3) is 2.87. The van der Waals surface area contributed by atoms with Crippen LogP contribution in [0.2, 0.25) is 10.0 Å². The topological polar surface area (TPSA) is 12.4 Å². The Balaban J connectivity index is 2.33. The third-order valence-corrected chi connectivity index (χ3v) is 3.24. The maximum atomic E-state index is 6.04. The van der Waals surface area contributed by atoms with Gasteiger partial charge in [-0.3, -0.25) is 4.99 Å². The Morgan fingerprint density at radius 3 is 2.41 bits per heavy atom. The maximum Gasteiger partial charge on any atom is 0.0673 e. The summed E-state index contributed by atoms with van der Waals surface area (Å²) in [4.78, 5) is 4.40. The van der Waals surface area contributed by atoms with Crippen molar-refractivity contribution in [1.82, 2.24) is 0 Å². The van der Waals surface area contributed by atoms with Crippen LogP contribution in [0.4, 0.5) is 5.69 Å². The van der Waals surface area contributed by atoms with Gasteiger partial charge in [0.1, 0.15) is 0 Å². The molecule has 0 fully saturated rings. The van der Waals surface area contributed by atoms with Gasteiger partial charge >= 0.3 is 0 Å². The highest BCUT2D eigenvalue weighted by Gasteiger charge is 2.00. The summed E-state index contributed by atoms with van der Waals surface area (Å²) in [5, 5.41) is 1.41. The minimum absolute atomic E-state index is 0.691. The van der Waals surface area contributed by atoms with E-state index in [2.05, 4.69) is 4.99 Å². The molecule has 2 aromatic carbocycles. The third-order valence-electron chi connectivity index (χ3n) is 2.49. The standard InChI is InChI=1S/C14H11Cl2N/c1-10-12(15)7-4-8-14(10)17-9-11-5-2-3-6-13(11)16/h2-9H,1H3/b17-9+. The summed E-state index contributed by atoms with van der Waals surface area (Å²) >= 11 is 12.1. The molecule has 0 saturated heterocycles. The molecule has 0 aliphatic carbocycles. The molecule has 0 heterocycles. The van der Waals surface area contributed by atoms with Crippen LogP contribution < -0.4 is 0 Å². The Labute approximate surface area is 111 Å². The smallest absolute Gasteiger partial charge is 0.0673 e. The molecule has 0 aromatic heterocycles. The van der Waals surface area contributed by atoms with Crippen LogP contribution in [0, 0.1) is 6.92 Å². The van der Waals surface area contributed by atoms with E-state index in [-0.39, 0.29) is 0 Å². The van der Waals surface area contributed by atoms with E-state index in [1.165, 1.54) is 0 Å².